The Bertz CT molecular complexity index is 2130. The second-order valence-electron chi connectivity index (χ2n) is 11.1. The van der Waals surface area contributed by atoms with Crippen LogP contribution in [0.3, 0.4) is 0 Å². The average molecular weight is 576 g/mol. The van der Waals surface area contributed by atoms with E-state index in [2.05, 4.69) is 157 Å². The number of hydrogen-bond donors (Lipinski definition) is 0. The second kappa shape index (κ2) is 11.6. The van der Waals surface area contributed by atoms with E-state index in [0.29, 0.717) is 0 Å². The summed E-state index contributed by atoms with van der Waals surface area (Å²) >= 11 is 0. The van der Waals surface area contributed by atoms with Crippen LogP contribution in [0.5, 0.6) is 0 Å². The van der Waals surface area contributed by atoms with E-state index in [0.717, 1.165) is 72.2 Å². The van der Waals surface area contributed by atoms with Crippen molar-refractivity contribution in [3.05, 3.63) is 176 Å². The molecule has 0 spiro atoms. The lowest BCUT2D eigenvalue weighted by atomic mass is 9.91. The Kier molecular flexibility index (Phi) is 6.82. The number of aromatic nitrogens is 2. The van der Waals surface area contributed by atoms with Gasteiger partial charge in [-0.3, -0.25) is 9.88 Å². The number of hydrogen-bond acceptors (Lipinski definition) is 3. The SMILES string of the molecule is c1ccc(-c2cc(-c3ccccc3)cc(N(c3ccccn3)c3c4ccccc4c(-c4ccccn4)c4ccccc34)c2)cc1. The first kappa shape index (κ1) is 26.6. The molecule has 0 unspecified atom stereocenters. The molecular weight excluding hydrogens is 546 g/mol. The van der Waals surface area contributed by atoms with Gasteiger partial charge in [0.05, 0.1) is 11.4 Å². The van der Waals surface area contributed by atoms with Crippen molar-refractivity contribution in [2.45, 2.75) is 0 Å². The lowest BCUT2D eigenvalue weighted by Gasteiger charge is -2.29. The summed E-state index contributed by atoms with van der Waals surface area (Å²) in [5, 5.41) is 4.56. The van der Waals surface area contributed by atoms with Gasteiger partial charge in [0, 0.05) is 34.4 Å². The van der Waals surface area contributed by atoms with Crippen molar-refractivity contribution in [1.29, 1.82) is 0 Å². The van der Waals surface area contributed by atoms with E-state index in [1.165, 1.54) is 0 Å². The largest absolute Gasteiger partial charge is 0.294 e. The molecule has 6 aromatic carbocycles. The summed E-state index contributed by atoms with van der Waals surface area (Å²) in [7, 11) is 0. The second-order valence-corrected chi connectivity index (χ2v) is 11.1. The monoisotopic (exact) mass is 575 g/mol. The topological polar surface area (TPSA) is 29.0 Å². The average Bonchev–Trinajstić information content (AvgIpc) is 3.13. The number of anilines is 3. The molecule has 3 nitrogen and oxygen atoms in total. The molecule has 0 aliphatic rings. The minimum atomic E-state index is 0.850. The Hall–Kier alpha value is -6.06. The van der Waals surface area contributed by atoms with Crippen LogP contribution in [0.2, 0.25) is 0 Å². The van der Waals surface area contributed by atoms with Crippen molar-refractivity contribution >= 4 is 38.7 Å². The summed E-state index contributed by atoms with van der Waals surface area (Å²) < 4.78 is 0. The van der Waals surface area contributed by atoms with E-state index in [1.807, 2.05) is 24.5 Å². The highest BCUT2D eigenvalue weighted by Crippen LogP contribution is 2.48. The Morgan fingerprint density at radius 3 is 1.38 bits per heavy atom. The van der Waals surface area contributed by atoms with Crippen LogP contribution in [-0.4, -0.2) is 9.97 Å². The zero-order chi connectivity index (χ0) is 30.0. The maximum absolute atomic E-state index is 4.94. The predicted molar refractivity (Wildman–Crippen MR) is 188 cm³/mol. The molecule has 2 heterocycles. The van der Waals surface area contributed by atoms with Crippen molar-refractivity contribution in [1.82, 2.24) is 9.97 Å². The van der Waals surface area contributed by atoms with E-state index in [4.69, 9.17) is 9.97 Å². The Balaban J connectivity index is 1.49. The van der Waals surface area contributed by atoms with Crippen molar-refractivity contribution in [3.63, 3.8) is 0 Å². The molecule has 0 N–H and O–H groups in total. The van der Waals surface area contributed by atoms with Crippen molar-refractivity contribution < 1.29 is 0 Å². The fourth-order valence-corrected chi connectivity index (χ4v) is 6.33. The zero-order valence-corrected chi connectivity index (χ0v) is 24.6. The number of rotatable bonds is 6. The van der Waals surface area contributed by atoms with E-state index in [-0.39, 0.29) is 0 Å². The summed E-state index contributed by atoms with van der Waals surface area (Å²) in [6.45, 7) is 0. The molecule has 0 aliphatic heterocycles. The summed E-state index contributed by atoms with van der Waals surface area (Å²) in [5.74, 6) is 0.850. The number of fused-ring (bicyclic) bond motifs is 2. The molecule has 0 saturated heterocycles. The molecule has 45 heavy (non-hydrogen) atoms. The first-order chi connectivity index (χ1) is 22.3. The van der Waals surface area contributed by atoms with Crippen LogP contribution in [0.25, 0.3) is 55.1 Å². The standard InChI is InChI=1S/C42H29N3/c1-3-15-30(16-4-1)32-27-33(31-17-5-2-6-18-31)29-34(28-32)45(40-24-12-14-26-44-40)42-37-21-9-7-19-35(37)41(39-23-11-13-25-43-39)36-20-8-10-22-38(36)42/h1-29H. The van der Waals surface area contributed by atoms with Gasteiger partial charge in [0.2, 0.25) is 0 Å². The van der Waals surface area contributed by atoms with Crippen LogP contribution in [-0.2, 0) is 0 Å². The summed E-state index contributed by atoms with van der Waals surface area (Å²) in [5.41, 5.74) is 8.83. The molecule has 2 aromatic heterocycles. The van der Waals surface area contributed by atoms with E-state index in [1.54, 1.807) is 0 Å². The molecular formula is C42H29N3. The molecule has 0 radical (unpaired) electrons. The van der Waals surface area contributed by atoms with E-state index in [9.17, 15) is 0 Å². The Morgan fingerprint density at radius 1 is 0.378 bits per heavy atom. The lowest BCUT2D eigenvalue weighted by Crippen LogP contribution is -2.13. The van der Waals surface area contributed by atoms with Crippen molar-refractivity contribution in [3.8, 4) is 33.5 Å². The fourth-order valence-electron chi connectivity index (χ4n) is 6.33. The third-order valence-corrected chi connectivity index (χ3v) is 8.32. The zero-order valence-electron chi connectivity index (χ0n) is 24.6. The minimum Gasteiger partial charge on any atom is -0.294 e. The van der Waals surface area contributed by atoms with Crippen LogP contribution in [0.15, 0.2) is 176 Å². The molecule has 0 aliphatic carbocycles. The van der Waals surface area contributed by atoms with Crippen LogP contribution in [0.4, 0.5) is 17.2 Å². The molecule has 212 valence electrons. The molecule has 0 amide bonds. The smallest absolute Gasteiger partial charge is 0.137 e. The molecule has 3 heteroatoms. The first-order valence-electron chi connectivity index (χ1n) is 15.2. The maximum atomic E-state index is 4.94. The summed E-state index contributed by atoms with van der Waals surface area (Å²) in [4.78, 5) is 12.1. The fraction of sp³-hybridized carbons (Fsp3) is 0. The molecule has 0 atom stereocenters. The van der Waals surface area contributed by atoms with Gasteiger partial charge < -0.3 is 0 Å². The molecule has 8 rings (SSSR count). The molecule has 8 aromatic rings. The van der Waals surface area contributed by atoms with Gasteiger partial charge in [0.15, 0.2) is 0 Å². The third-order valence-electron chi connectivity index (χ3n) is 8.32. The minimum absolute atomic E-state index is 0.850. The first-order valence-corrected chi connectivity index (χ1v) is 15.2. The highest BCUT2D eigenvalue weighted by atomic mass is 15.2. The van der Waals surface area contributed by atoms with E-state index >= 15 is 0 Å². The van der Waals surface area contributed by atoms with Gasteiger partial charge in [0.1, 0.15) is 5.82 Å². The molecule has 0 bridgehead atoms. The number of benzene rings is 6. The normalized spacial score (nSPS) is 11.1. The van der Waals surface area contributed by atoms with Crippen LogP contribution < -0.4 is 4.90 Å². The van der Waals surface area contributed by atoms with Gasteiger partial charge in [-0.15, -0.1) is 0 Å². The number of nitrogens with zero attached hydrogens (tertiary/aromatic N) is 3. The number of pyridine rings is 2. The highest BCUT2D eigenvalue weighted by Gasteiger charge is 2.23. The van der Waals surface area contributed by atoms with Gasteiger partial charge >= 0.3 is 0 Å². The molecule has 0 saturated carbocycles. The molecule has 0 fully saturated rings. The maximum Gasteiger partial charge on any atom is 0.137 e. The van der Waals surface area contributed by atoms with Gasteiger partial charge in [-0.1, -0.05) is 121 Å². The van der Waals surface area contributed by atoms with Crippen LogP contribution in [0.1, 0.15) is 0 Å². The van der Waals surface area contributed by atoms with Crippen LogP contribution in [0, 0.1) is 0 Å². The quantitative estimate of drug-likeness (QED) is 0.185. The van der Waals surface area contributed by atoms with E-state index < -0.39 is 0 Å². The summed E-state index contributed by atoms with van der Waals surface area (Å²) in [6.07, 6.45) is 3.74. The lowest BCUT2D eigenvalue weighted by molar-refractivity contribution is 1.19. The predicted octanol–water partition coefficient (Wildman–Crippen LogP) is 11.3. The van der Waals surface area contributed by atoms with Gasteiger partial charge in [-0.05, 0) is 75.5 Å². The van der Waals surface area contributed by atoms with Gasteiger partial charge in [-0.2, -0.15) is 0 Å². The third kappa shape index (κ3) is 4.91. The summed E-state index contributed by atoms with van der Waals surface area (Å²) in [6, 6.07) is 57.6. The van der Waals surface area contributed by atoms with Crippen LogP contribution >= 0.6 is 0 Å². The van der Waals surface area contributed by atoms with Gasteiger partial charge in [-0.25, -0.2) is 4.98 Å². The van der Waals surface area contributed by atoms with Crippen molar-refractivity contribution in [2.75, 3.05) is 4.90 Å². The Morgan fingerprint density at radius 2 is 0.867 bits per heavy atom. The highest BCUT2D eigenvalue weighted by molar-refractivity contribution is 6.22. The van der Waals surface area contributed by atoms with Gasteiger partial charge in [0.25, 0.3) is 0 Å². The van der Waals surface area contributed by atoms with Crippen molar-refractivity contribution in [2.24, 2.45) is 0 Å². The Labute approximate surface area is 262 Å².